The van der Waals surface area contributed by atoms with Crippen LogP contribution in [0.25, 0.3) is 11.1 Å². The second kappa shape index (κ2) is 6.96. The molecule has 0 aliphatic carbocycles. The van der Waals surface area contributed by atoms with E-state index in [0.29, 0.717) is 24.5 Å². The summed E-state index contributed by atoms with van der Waals surface area (Å²) in [6, 6.07) is 5.26. The maximum absolute atomic E-state index is 14.5. The number of rotatable bonds is 4. The molecule has 0 spiro atoms. The lowest BCUT2D eigenvalue weighted by atomic mass is 9.93. The van der Waals surface area contributed by atoms with E-state index in [0.717, 1.165) is 43.5 Å². The predicted octanol–water partition coefficient (Wildman–Crippen LogP) is 3.31. The summed E-state index contributed by atoms with van der Waals surface area (Å²) in [7, 11) is 0. The molecule has 1 aromatic heterocycles. The van der Waals surface area contributed by atoms with Crippen LogP contribution in [0.5, 0.6) is 0 Å². The van der Waals surface area contributed by atoms with Crippen LogP contribution in [0.3, 0.4) is 0 Å². The number of hydrogen-bond donors (Lipinski definition) is 1. The van der Waals surface area contributed by atoms with Gasteiger partial charge in [0.1, 0.15) is 5.82 Å². The molecule has 5 nitrogen and oxygen atoms in total. The Morgan fingerprint density at radius 3 is 2.88 bits per heavy atom. The molecule has 1 aromatic carbocycles. The van der Waals surface area contributed by atoms with Crippen LogP contribution in [0, 0.1) is 11.7 Å². The van der Waals surface area contributed by atoms with E-state index in [1.54, 1.807) is 18.5 Å². The number of carbonyl (C=O) groups excluding carboxylic acids is 1. The van der Waals surface area contributed by atoms with E-state index >= 15 is 0 Å². The van der Waals surface area contributed by atoms with Crippen molar-refractivity contribution in [2.24, 2.45) is 5.92 Å². The van der Waals surface area contributed by atoms with Gasteiger partial charge in [0.25, 0.3) is 0 Å². The molecule has 2 atom stereocenters. The SMILES string of the molecule is O=C1CCCN1C[C@@H]1CC[C@H](c2ccc(-c3cn[nH]c3)cc2F)OC1. The van der Waals surface area contributed by atoms with Crippen molar-refractivity contribution < 1.29 is 13.9 Å². The van der Waals surface area contributed by atoms with E-state index in [1.807, 2.05) is 17.0 Å². The first-order valence-corrected chi connectivity index (χ1v) is 8.88. The van der Waals surface area contributed by atoms with Gasteiger partial charge in [-0.1, -0.05) is 12.1 Å². The maximum atomic E-state index is 14.5. The van der Waals surface area contributed by atoms with E-state index in [1.165, 1.54) is 0 Å². The van der Waals surface area contributed by atoms with E-state index in [4.69, 9.17) is 4.74 Å². The van der Waals surface area contributed by atoms with Crippen LogP contribution in [0.15, 0.2) is 30.6 Å². The number of carbonyl (C=O) groups is 1. The minimum atomic E-state index is -0.239. The average molecular weight is 343 g/mol. The lowest BCUT2D eigenvalue weighted by Gasteiger charge is -2.32. The van der Waals surface area contributed by atoms with Crippen LogP contribution in [0.2, 0.25) is 0 Å². The van der Waals surface area contributed by atoms with Crippen molar-refractivity contribution in [2.75, 3.05) is 19.7 Å². The van der Waals surface area contributed by atoms with Crippen molar-refractivity contribution in [1.29, 1.82) is 0 Å². The number of hydrogen-bond acceptors (Lipinski definition) is 3. The van der Waals surface area contributed by atoms with E-state index < -0.39 is 0 Å². The predicted molar refractivity (Wildman–Crippen MR) is 91.2 cm³/mol. The summed E-state index contributed by atoms with van der Waals surface area (Å²) in [5.74, 6) is 0.367. The third-order valence-corrected chi connectivity index (χ3v) is 5.20. The highest BCUT2D eigenvalue weighted by Gasteiger charge is 2.29. The number of halogens is 1. The van der Waals surface area contributed by atoms with Gasteiger partial charge in [-0.25, -0.2) is 4.39 Å². The maximum Gasteiger partial charge on any atom is 0.222 e. The Kier molecular flexibility index (Phi) is 4.53. The molecule has 25 heavy (non-hydrogen) atoms. The summed E-state index contributed by atoms with van der Waals surface area (Å²) in [5, 5.41) is 6.63. The van der Waals surface area contributed by atoms with Crippen molar-refractivity contribution in [3.63, 3.8) is 0 Å². The first-order chi connectivity index (χ1) is 12.2. The number of ether oxygens (including phenoxy) is 1. The normalized spacial score (nSPS) is 24.0. The smallest absolute Gasteiger partial charge is 0.222 e. The summed E-state index contributed by atoms with van der Waals surface area (Å²) < 4.78 is 20.5. The molecule has 2 aromatic rings. The zero-order valence-corrected chi connectivity index (χ0v) is 14.1. The number of amides is 1. The fraction of sp³-hybridized carbons (Fsp3) is 0.474. The standard InChI is InChI=1S/C19H22FN3O2/c20-17-8-14(15-9-21-22-10-15)4-5-16(17)18-6-3-13(12-25-18)11-23-7-1-2-19(23)24/h4-5,8-10,13,18H,1-3,6-7,11-12H2,(H,21,22)/t13-,18+/m0/s1. The Balaban J connectivity index is 1.38. The van der Waals surface area contributed by atoms with Gasteiger partial charge in [0.15, 0.2) is 0 Å². The molecule has 0 unspecified atom stereocenters. The van der Waals surface area contributed by atoms with Gasteiger partial charge in [-0.15, -0.1) is 0 Å². The van der Waals surface area contributed by atoms with Crippen LogP contribution < -0.4 is 0 Å². The Morgan fingerprint density at radius 2 is 2.24 bits per heavy atom. The molecule has 1 N–H and O–H groups in total. The highest BCUT2D eigenvalue weighted by atomic mass is 19.1. The highest BCUT2D eigenvalue weighted by molar-refractivity contribution is 5.78. The van der Waals surface area contributed by atoms with Crippen molar-refractivity contribution in [1.82, 2.24) is 15.1 Å². The molecule has 0 radical (unpaired) electrons. The highest BCUT2D eigenvalue weighted by Crippen LogP contribution is 2.34. The van der Waals surface area contributed by atoms with Gasteiger partial charge in [0, 0.05) is 42.8 Å². The molecule has 2 aliphatic heterocycles. The molecule has 2 fully saturated rings. The number of likely N-dealkylation sites (tertiary alicyclic amines) is 1. The molecular weight excluding hydrogens is 321 g/mol. The van der Waals surface area contributed by atoms with Crippen LogP contribution in [0.1, 0.15) is 37.4 Å². The average Bonchev–Trinajstić information content (AvgIpc) is 3.28. The second-order valence-electron chi connectivity index (χ2n) is 6.93. The van der Waals surface area contributed by atoms with Crippen LogP contribution >= 0.6 is 0 Å². The monoisotopic (exact) mass is 343 g/mol. The van der Waals surface area contributed by atoms with Gasteiger partial charge in [0.05, 0.1) is 18.9 Å². The van der Waals surface area contributed by atoms with Gasteiger partial charge in [0.2, 0.25) is 5.91 Å². The number of aromatic amines is 1. The lowest BCUT2D eigenvalue weighted by Crippen LogP contribution is -2.34. The third-order valence-electron chi connectivity index (χ3n) is 5.20. The Morgan fingerprint density at radius 1 is 1.32 bits per heavy atom. The number of H-pyrrole nitrogens is 1. The number of aromatic nitrogens is 2. The first-order valence-electron chi connectivity index (χ1n) is 8.88. The molecular formula is C19H22FN3O2. The number of benzene rings is 1. The quantitative estimate of drug-likeness (QED) is 0.927. The van der Waals surface area contributed by atoms with Crippen LogP contribution in [-0.4, -0.2) is 40.7 Å². The van der Waals surface area contributed by atoms with Crippen molar-refractivity contribution in [2.45, 2.75) is 31.8 Å². The minimum Gasteiger partial charge on any atom is -0.373 e. The van der Waals surface area contributed by atoms with Crippen molar-refractivity contribution >= 4 is 5.91 Å². The Hall–Kier alpha value is -2.21. The fourth-order valence-electron chi connectivity index (χ4n) is 3.78. The molecule has 4 rings (SSSR count). The molecule has 0 bridgehead atoms. The number of nitrogens with zero attached hydrogens (tertiary/aromatic N) is 2. The molecule has 1 amide bonds. The molecule has 2 saturated heterocycles. The van der Waals surface area contributed by atoms with Gasteiger partial charge < -0.3 is 9.64 Å². The first kappa shape index (κ1) is 16.3. The second-order valence-corrected chi connectivity index (χ2v) is 6.93. The number of nitrogens with one attached hydrogen (secondary N) is 1. The largest absolute Gasteiger partial charge is 0.373 e. The molecule has 2 aliphatic rings. The topological polar surface area (TPSA) is 58.2 Å². The van der Waals surface area contributed by atoms with Gasteiger partial charge in [-0.2, -0.15) is 5.10 Å². The van der Waals surface area contributed by atoms with Gasteiger partial charge >= 0.3 is 0 Å². The Bertz CT molecular complexity index is 739. The van der Waals surface area contributed by atoms with Gasteiger partial charge in [-0.3, -0.25) is 9.89 Å². The summed E-state index contributed by atoms with van der Waals surface area (Å²) in [6.07, 6.45) is 6.59. The van der Waals surface area contributed by atoms with Gasteiger partial charge in [-0.05, 0) is 30.9 Å². The van der Waals surface area contributed by atoms with Crippen LogP contribution in [-0.2, 0) is 9.53 Å². The Labute approximate surface area is 146 Å². The van der Waals surface area contributed by atoms with E-state index in [9.17, 15) is 9.18 Å². The minimum absolute atomic E-state index is 0.205. The molecule has 6 heteroatoms. The summed E-state index contributed by atoms with van der Waals surface area (Å²) >= 11 is 0. The summed E-state index contributed by atoms with van der Waals surface area (Å²) in [6.45, 7) is 2.22. The van der Waals surface area contributed by atoms with Crippen LogP contribution in [0.4, 0.5) is 4.39 Å². The zero-order chi connectivity index (χ0) is 17.2. The van der Waals surface area contributed by atoms with E-state index in [2.05, 4.69) is 10.2 Å². The summed E-state index contributed by atoms with van der Waals surface area (Å²) in [4.78, 5) is 13.7. The fourth-order valence-corrected chi connectivity index (χ4v) is 3.78. The third kappa shape index (κ3) is 3.44. The molecule has 132 valence electrons. The molecule has 0 saturated carbocycles. The van der Waals surface area contributed by atoms with E-state index in [-0.39, 0.29) is 17.8 Å². The van der Waals surface area contributed by atoms with Crippen molar-refractivity contribution in [3.05, 3.63) is 42.0 Å². The molecule has 3 heterocycles. The van der Waals surface area contributed by atoms with Crippen molar-refractivity contribution in [3.8, 4) is 11.1 Å². The summed E-state index contributed by atoms with van der Waals surface area (Å²) in [5.41, 5.74) is 2.28. The lowest BCUT2D eigenvalue weighted by molar-refractivity contribution is -0.129. The zero-order valence-electron chi connectivity index (χ0n) is 14.1.